The summed E-state index contributed by atoms with van der Waals surface area (Å²) in [5.74, 6) is 0. The maximum atomic E-state index is 13.0. The molecule has 0 spiro atoms. The summed E-state index contributed by atoms with van der Waals surface area (Å²) in [6, 6.07) is 14.2. The van der Waals surface area contributed by atoms with Gasteiger partial charge in [0.25, 0.3) is 0 Å². The first-order chi connectivity index (χ1) is 11.2. The summed E-state index contributed by atoms with van der Waals surface area (Å²) in [6.45, 7) is 5.74. The minimum atomic E-state index is -3.63. The van der Waals surface area contributed by atoms with Crippen LogP contribution >= 0.6 is 11.6 Å². The number of hydrogen-bond acceptors (Lipinski definition) is 3. The predicted octanol–water partition coefficient (Wildman–Crippen LogP) is 4.15. The van der Waals surface area contributed by atoms with Crippen molar-refractivity contribution < 1.29 is 13.2 Å². The first-order valence-electron chi connectivity index (χ1n) is 7.73. The molecule has 3 rings (SSSR count). The van der Waals surface area contributed by atoms with E-state index in [0.29, 0.717) is 5.02 Å². The Hall–Kier alpha value is -1.40. The fraction of sp³-hybridized carbons (Fsp3) is 0.333. The standard InChI is InChI=1S/C18H20ClNO3S/c1-13-4-10-16(11-5-13)24(21,22)20-12-17(23-18(20,2)3)14-6-8-15(19)9-7-14/h4-11,17H,12H2,1-3H3. The molecule has 0 aliphatic carbocycles. The van der Waals surface area contributed by atoms with Crippen molar-refractivity contribution in [3.8, 4) is 0 Å². The molecular weight excluding hydrogens is 346 g/mol. The monoisotopic (exact) mass is 365 g/mol. The second-order valence-corrected chi connectivity index (χ2v) is 8.75. The van der Waals surface area contributed by atoms with Crippen LogP contribution < -0.4 is 0 Å². The molecule has 1 saturated heterocycles. The van der Waals surface area contributed by atoms with Crippen LogP contribution in [-0.4, -0.2) is 25.0 Å². The minimum Gasteiger partial charge on any atom is -0.351 e. The second kappa shape index (κ2) is 6.15. The van der Waals surface area contributed by atoms with E-state index < -0.39 is 15.7 Å². The van der Waals surface area contributed by atoms with E-state index in [1.54, 1.807) is 50.2 Å². The van der Waals surface area contributed by atoms with Crippen molar-refractivity contribution in [2.45, 2.75) is 37.5 Å². The molecule has 128 valence electrons. The summed E-state index contributed by atoms with van der Waals surface area (Å²) in [5, 5.41) is 0.639. The number of aryl methyl sites for hydroxylation is 1. The summed E-state index contributed by atoms with van der Waals surface area (Å²) in [6.07, 6.45) is -0.322. The SMILES string of the molecule is Cc1ccc(S(=O)(=O)N2CC(c3ccc(Cl)cc3)OC2(C)C)cc1. The molecule has 1 aliphatic rings. The normalized spacial score (nSPS) is 21.1. The van der Waals surface area contributed by atoms with Crippen molar-refractivity contribution in [3.05, 3.63) is 64.7 Å². The lowest BCUT2D eigenvalue weighted by Gasteiger charge is -2.28. The number of nitrogens with zero attached hydrogens (tertiary/aromatic N) is 1. The third-order valence-corrected chi connectivity index (χ3v) is 6.50. The van der Waals surface area contributed by atoms with Gasteiger partial charge in [-0.05, 0) is 50.6 Å². The van der Waals surface area contributed by atoms with Gasteiger partial charge in [-0.3, -0.25) is 0 Å². The zero-order valence-electron chi connectivity index (χ0n) is 13.9. The Morgan fingerprint density at radius 2 is 1.67 bits per heavy atom. The van der Waals surface area contributed by atoms with E-state index >= 15 is 0 Å². The zero-order chi connectivity index (χ0) is 17.5. The molecule has 4 nitrogen and oxygen atoms in total. The van der Waals surface area contributed by atoms with Gasteiger partial charge in [0, 0.05) is 11.6 Å². The van der Waals surface area contributed by atoms with Crippen molar-refractivity contribution in [1.29, 1.82) is 0 Å². The predicted molar refractivity (Wildman–Crippen MR) is 94.4 cm³/mol. The summed E-state index contributed by atoms with van der Waals surface area (Å²) in [5.41, 5.74) is 1.01. The van der Waals surface area contributed by atoms with Crippen LogP contribution in [-0.2, 0) is 14.8 Å². The van der Waals surface area contributed by atoms with Crippen LogP contribution in [0.3, 0.4) is 0 Å². The third kappa shape index (κ3) is 3.22. The van der Waals surface area contributed by atoms with Gasteiger partial charge in [-0.1, -0.05) is 41.4 Å². The minimum absolute atomic E-state index is 0.269. The van der Waals surface area contributed by atoms with Gasteiger partial charge in [0.05, 0.1) is 11.0 Å². The molecule has 6 heteroatoms. The zero-order valence-corrected chi connectivity index (χ0v) is 15.4. The van der Waals surface area contributed by atoms with Gasteiger partial charge < -0.3 is 4.74 Å². The largest absolute Gasteiger partial charge is 0.351 e. The van der Waals surface area contributed by atoms with Crippen molar-refractivity contribution >= 4 is 21.6 Å². The fourth-order valence-corrected chi connectivity index (χ4v) is 4.70. The summed E-state index contributed by atoms with van der Waals surface area (Å²) >= 11 is 5.92. The van der Waals surface area contributed by atoms with Gasteiger partial charge in [0.1, 0.15) is 5.72 Å². The topological polar surface area (TPSA) is 46.6 Å². The van der Waals surface area contributed by atoms with E-state index in [1.165, 1.54) is 4.31 Å². The molecule has 1 aliphatic heterocycles. The molecule has 2 aromatic carbocycles. The number of hydrogen-bond donors (Lipinski definition) is 0. The number of benzene rings is 2. The van der Waals surface area contributed by atoms with Gasteiger partial charge in [-0.2, -0.15) is 4.31 Å². The summed E-state index contributed by atoms with van der Waals surface area (Å²) in [4.78, 5) is 0.279. The lowest BCUT2D eigenvalue weighted by Crippen LogP contribution is -2.43. The Labute approximate surface area is 148 Å². The van der Waals surface area contributed by atoms with Gasteiger partial charge in [0.15, 0.2) is 0 Å². The van der Waals surface area contributed by atoms with E-state index in [1.807, 2.05) is 19.1 Å². The molecule has 1 fully saturated rings. The molecule has 0 aromatic heterocycles. The van der Waals surface area contributed by atoms with Gasteiger partial charge >= 0.3 is 0 Å². The van der Waals surface area contributed by atoms with Crippen molar-refractivity contribution in [2.75, 3.05) is 6.54 Å². The molecule has 24 heavy (non-hydrogen) atoms. The van der Waals surface area contributed by atoms with Crippen molar-refractivity contribution in [2.24, 2.45) is 0 Å². The molecule has 0 amide bonds. The van der Waals surface area contributed by atoms with Crippen LogP contribution in [0.5, 0.6) is 0 Å². The van der Waals surface area contributed by atoms with Crippen molar-refractivity contribution in [1.82, 2.24) is 4.31 Å². The molecule has 1 atom stereocenters. The number of rotatable bonds is 3. The first kappa shape index (κ1) is 17.4. The van der Waals surface area contributed by atoms with Crippen LogP contribution in [0.2, 0.25) is 5.02 Å². The Bertz CT molecular complexity index is 830. The van der Waals surface area contributed by atoms with Crippen LogP contribution in [0.25, 0.3) is 0 Å². The van der Waals surface area contributed by atoms with E-state index in [4.69, 9.17) is 16.3 Å². The van der Waals surface area contributed by atoms with Gasteiger partial charge in [-0.25, -0.2) is 8.42 Å². The fourth-order valence-electron chi connectivity index (χ4n) is 2.89. The van der Waals surface area contributed by atoms with Crippen LogP contribution in [0.4, 0.5) is 0 Å². The first-order valence-corrected chi connectivity index (χ1v) is 9.55. The third-order valence-electron chi connectivity index (χ3n) is 4.21. The Balaban J connectivity index is 1.92. The van der Waals surface area contributed by atoms with Crippen LogP contribution in [0.1, 0.15) is 31.1 Å². The van der Waals surface area contributed by atoms with Crippen LogP contribution in [0, 0.1) is 6.92 Å². The maximum absolute atomic E-state index is 13.0. The smallest absolute Gasteiger partial charge is 0.245 e. The van der Waals surface area contributed by atoms with E-state index in [0.717, 1.165) is 11.1 Å². The van der Waals surface area contributed by atoms with Gasteiger partial charge in [-0.15, -0.1) is 0 Å². The summed E-state index contributed by atoms with van der Waals surface area (Å²) in [7, 11) is -3.63. The van der Waals surface area contributed by atoms with Gasteiger partial charge in [0.2, 0.25) is 10.0 Å². The molecule has 1 heterocycles. The highest BCUT2D eigenvalue weighted by molar-refractivity contribution is 7.89. The second-order valence-electron chi connectivity index (χ2n) is 6.45. The maximum Gasteiger partial charge on any atom is 0.245 e. The van der Waals surface area contributed by atoms with E-state index in [2.05, 4.69) is 0 Å². The van der Waals surface area contributed by atoms with E-state index in [9.17, 15) is 8.42 Å². The lowest BCUT2D eigenvalue weighted by molar-refractivity contribution is -0.0508. The molecule has 2 aromatic rings. The van der Waals surface area contributed by atoms with E-state index in [-0.39, 0.29) is 17.5 Å². The molecule has 0 N–H and O–H groups in total. The molecule has 0 saturated carbocycles. The highest BCUT2D eigenvalue weighted by Gasteiger charge is 2.47. The van der Waals surface area contributed by atoms with Crippen molar-refractivity contribution in [3.63, 3.8) is 0 Å². The number of halogens is 1. The quantitative estimate of drug-likeness (QED) is 0.821. The molecule has 1 unspecified atom stereocenters. The Morgan fingerprint density at radius 1 is 1.08 bits per heavy atom. The molecule has 0 bridgehead atoms. The molecule has 0 radical (unpaired) electrons. The van der Waals surface area contributed by atoms with Crippen LogP contribution in [0.15, 0.2) is 53.4 Å². The average molecular weight is 366 g/mol. The Kier molecular flexibility index (Phi) is 4.47. The average Bonchev–Trinajstić information content (AvgIpc) is 2.85. The molecular formula is C18H20ClNO3S. The lowest BCUT2D eigenvalue weighted by atomic mass is 10.1. The number of sulfonamides is 1. The Morgan fingerprint density at radius 3 is 2.25 bits per heavy atom. The number of ether oxygens (including phenoxy) is 1. The summed E-state index contributed by atoms with van der Waals surface area (Å²) < 4.78 is 33.5. The highest BCUT2D eigenvalue weighted by Crippen LogP contribution is 2.39. The highest BCUT2D eigenvalue weighted by atomic mass is 35.5.